The van der Waals surface area contributed by atoms with E-state index < -0.39 is 0 Å². The van der Waals surface area contributed by atoms with Gasteiger partial charge in [-0.2, -0.15) is 0 Å². The number of halogens is 1. The average molecular weight is 345 g/mol. The van der Waals surface area contributed by atoms with Crippen molar-refractivity contribution in [3.8, 4) is 5.75 Å². The summed E-state index contributed by atoms with van der Waals surface area (Å²) in [5.41, 5.74) is 1.46. The van der Waals surface area contributed by atoms with Gasteiger partial charge in [0, 0.05) is 12.1 Å². The summed E-state index contributed by atoms with van der Waals surface area (Å²) in [5, 5.41) is 10.7. The molecule has 0 bridgehead atoms. The summed E-state index contributed by atoms with van der Waals surface area (Å²) in [4.78, 5) is 18.9. The van der Waals surface area contributed by atoms with E-state index >= 15 is 0 Å². The minimum atomic E-state index is -0.126. The van der Waals surface area contributed by atoms with Crippen molar-refractivity contribution in [2.24, 2.45) is 4.99 Å². The molecule has 1 saturated heterocycles. The third-order valence-corrected chi connectivity index (χ3v) is 4.50. The van der Waals surface area contributed by atoms with Crippen LogP contribution in [0.2, 0.25) is 5.02 Å². The predicted molar refractivity (Wildman–Crippen MR) is 95.0 cm³/mol. The fourth-order valence-corrected chi connectivity index (χ4v) is 3.25. The van der Waals surface area contributed by atoms with Gasteiger partial charge in [-0.15, -0.1) is 0 Å². The summed E-state index contributed by atoms with van der Waals surface area (Å²) in [5.74, 6) is 0.0371. The van der Waals surface area contributed by atoms with E-state index in [9.17, 15) is 9.90 Å². The summed E-state index contributed by atoms with van der Waals surface area (Å²) in [6.07, 6.45) is 1.74. The maximum absolute atomic E-state index is 12.3. The van der Waals surface area contributed by atoms with E-state index in [1.54, 1.807) is 43.5 Å². The molecule has 0 aliphatic carbocycles. The molecular weight excluding hydrogens is 332 g/mol. The molecule has 2 aromatic carbocycles. The molecule has 0 spiro atoms. The Morgan fingerprint density at radius 3 is 2.74 bits per heavy atom. The summed E-state index contributed by atoms with van der Waals surface area (Å²) >= 11 is 7.25. The number of phenolic OH excluding ortho intramolecular Hbond substituents is 1. The molecule has 1 heterocycles. The number of rotatable bonds is 2. The highest BCUT2D eigenvalue weighted by atomic mass is 35.5. The van der Waals surface area contributed by atoms with Crippen LogP contribution in [0.4, 0.5) is 5.69 Å². The Morgan fingerprint density at radius 1 is 1.22 bits per heavy atom. The van der Waals surface area contributed by atoms with Gasteiger partial charge in [-0.3, -0.25) is 9.69 Å². The molecule has 1 amide bonds. The monoisotopic (exact) mass is 344 g/mol. The van der Waals surface area contributed by atoms with Gasteiger partial charge in [-0.1, -0.05) is 29.8 Å². The maximum Gasteiger partial charge on any atom is 0.266 e. The molecule has 0 radical (unpaired) electrons. The zero-order valence-corrected chi connectivity index (χ0v) is 13.8. The molecule has 3 rings (SSSR count). The van der Waals surface area contributed by atoms with Crippen LogP contribution in [0.25, 0.3) is 6.08 Å². The Labute approximate surface area is 143 Å². The van der Waals surface area contributed by atoms with Crippen molar-refractivity contribution in [3.63, 3.8) is 0 Å². The summed E-state index contributed by atoms with van der Waals surface area (Å²) in [6, 6.07) is 13.9. The Balaban J connectivity index is 1.91. The number of aliphatic imine (C=N–C) groups is 1. The molecule has 0 unspecified atom stereocenters. The zero-order chi connectivity index (χ0) is 16.4. The Hall–Kier alpha value is -2.24. The second kappa shape index (κ2) is 6.48. The number of carbonyl (C=O) groups excluding carboxylic acids is 1. The average Bonchev–Trinajstić information content (AvgIpc) is 2.76. The first-order chi connectivity index (χ1) is 11.0. The summed E-state index contributed by atoms with van der Waals surface area (Å²) < 4.78 is 0. The lowest BCUT2D eigenvalue weighted by Gasteiger charge is -2.07. The molecule has 23 heavy (non-hydrogen) atoms. The smallest absolute Gasteiger partial charge is 0.266 e. The van der Waals surface area contributed by atoms with Gasteiger partial charge in [0.1, 0.15) is 5.75 Å². The second-order valence-corrected chi connectivity index (χ2v) is 6.39. The van der Waals surface area contributed by atoms with Crippen molar-refractivity contribution >= 4 is 46.2 Å². The Morgan fingerprint density at radius 2 is 2.00 bits per heavy atom. The topological polar surface area (TPSA) is 52.9 Å². The highest BCUT2D eigenvalue weighted by molar-refractivity contribution is 8.18. The van der Waals surface area contributed by atoms with E-state index in [1.807, 2.05) is 18.2 Å². The third-order valence-electron chi connectivity index (χ3n) is 3.20. The van der Waals surface area contributed by atoms with E-state index in [2.05, 4.69) is 4.99 Å². The number of hydrogen-bond donors (Lipinski definition) is 1. The molecular formula is C17H13ClN2O2S. The first-order valence-electron chi connectivity index (χ1n) is 6.84. The van der Waals surface area contributed by atoms with E-state index in [0.29, 0.717) is 20.8 Å². The van der Waals surface area contributed by atoms with Crippen LogP contribution in [-0.4, -0.2) is 28.1 Å². The summed E-state index contributed by atoms with van der Waals surface area (Å²) in [6.45, 7) is 0. The van der Waals surface area contributed by atoms with Crippen molar-refractivity contribution in [2.75, 3.05) is 7.05 Å². The molecule has 1 aliphatic heterocycles. The third kappa shape index (κ3) is 3.57. The highest BCUT2D eigenvalue weighted by Gasteiger charge is 2.30. The molecule has 4 nitrogen and oxygen atoms in total. The van der Waals surface area contributed by atoms with Crippen LogP contribution in [0.5, 0.6) is 5.75 Å². The number of thioether (sulfide) groups is 1. The lowest BCUT2D eigenvalue weighted by molar-refractivity contribution is -0.121. The van der Waals surface area contributed by atoms with Gasteiger partial charge in [0.15, 0.2) is 5.17 Å². The number of aromatic hydroxyl groups is 1. The van der Waals surface area contributed by atoms with Gasteiger partial charge in [-0.25, -0.2) is 4.99 Å². The largest absolute Gasteiger partial charge is 0.508 e. The second-order valence-electron chi connectivity index (χ2n) is 4.94. The number of benzene rings is 2. The molecule has 1 fully saturated rings. The molecule has 116 valence electrons. The van der Waals surface area contributed by atoms with Crippen molar-refractivity contribution in [3.05, 3.63) is 64.0 Å². The van der Waals surface area contributed by atoms with Gasteiger partial charge in [-0.05, 0) is 53.7 Å². The standard InChI is InChI=1S/C17H13ClN2O2S/c1-20-16(22)15(9-11-4-2-7-14(21)8-11)23-17(20)19-13-6-3-5-12(18)10-13/h2-10,21H,1H3/b15-9+,19-17?. The van der Waals surface area contributed by atoms with Crippen molar-refractivity contribution in [2.45, 2.75) is 0 Å². The predicted octanol–water partition coefficient (Wildman–Crippen LogP) is 4.28. The number of nitrogens with zero attached hydrogens (tertiary/aromatic N) is 2. The van der Waals surface area contributed by atoms with Crippen LogP contribution in [0.1, 0.15) is 5.56 Å². The van der Waals surface area contributed by atoms with Crippen LogP contribution in [0.15, 0.2) is 58.4 Å². The molecule has 2 aromatic rings. The van der Waals surface area contributed by atoms with E-state index in [4.69, 9.17) is 11.6 Å². The number of likely N-dealkylation sites (N-methyl/N-ethyl adjacent to an activating group) is 1. The molecule has 6 heteroatoms. The van der Waals surface area contributed by atoms with Crippen molar-refractivity contribution in [1.29, 1.82) is 0 Å². The van der Waals surface area contributed by atoms with Crippen LogP contribution in [0.3, 0.4) is 0 Å². The van der Waals surface area contributed by atoms with Crippen LogP contribution >= 0.6 is 23.4 Å². The van der Waals surface area contributed by atoms with Gasteiger partial charge < -0.3 is 5.11 Å². The highest BCUT2D eigenvalue weighted by Crippen LogP contribution is 2.33. The SMILES string of the molecule is CN1C(=O)/C(=C\c2cccc(O)c2)SC1=Nc1cccc(Cl)c1. The minimum absolute atomic E-state index is 0.126. The normalized spacial score (nSPS) is 18.2. The van der Waals surface area contributed by atoms with Gasteiger partial charge in [0.25, 0.3) is 5.91 Å². The number of carbonyl (C=O) groups is 1. The Bertz CT molecular complexity index is 833. The van der Waals surface area contributed by atoms with Gasteiger partial charge in [0.2, 0.25) is 0 Å². The first-order valence-corrected chi connectivity index (χ1v) is 8.03. The number of phenols is 1. The lowest BCUT2D eigenvalue weighted by Crippen LogP contribution is -2.23. The van der Waals surface area contributed by atoms with E-state index in [1.165, 1.54) is 16.7 Å². The van der Waals surface area contributed by atoms with E-state index in [0.717, 1.165) is 5.56 Å². The fraction of sp³-hybridized carbons (Fsp3) is 0.0588. The molecule has 0 saturated carbocycles. The Kier molecular flexibility index (Phi) is 4.41. The van der Waals surface area contributed by atoms with Crippen molar-refractivity contribution in [1.82, 2.24) is 4.90 Å². The first kappa shape index (κ1) is 15.6. The number of amidine groups is 1. The maximum atomic E-state index is 12.3. The number of hydrogen-bond acceptors (Lipinski definition) is 4. The molecule has 1 N–H and O–H groups in total. The van der Waals surface area contributed by atoms with Crippen molar-refractivity contribution < 1.29 is 9.90 Å². The number of amides is 1. The van der Waals surface area contributed by atoms with Gasteiger partial charge >= 0.3 is 0 Å². The van der Waals surface area contributed by atoms with E-state index in [-0.39, 0.29) is 11.7 Å². The van der Waals surface area contributed by atoms with Gasteiger partial charge in [0.05, 0.1) is 10.6 Å². The molecule has 0 aromatic heterocycles. The fourth-order valence-electron chi connectivity index (χ4n) is 2.07. The molecule has 0 atom stereocenters. The van der Waals surface area contributed by atoms with Crippen LogP contribution in [-0.2, 0) is 4.79 Å². The summed E-state index contributed by atoms with van der Waals surface area (Å²) in [7, 11) is 1.68. The quantitative estimate of drug-likeness (QED) is 0.827. The minimum Gasteiger partial charge on any atom is -0.508 e. The lowest BCUT2D eigenvalue weighted by atomic mass is 10.2. The zero-order valence-electron chi connectivity index (χ0n) is 12.2. The van der Waals surface area contributed by atoms with Crippen LogP contribution in [0, 0.1) is 0 Å². The molecule has 1 aliphatic rings. The van der Waals surface area contributed by atoms with Crippen LogP contribution < -0.4 is 0 Å².